The van der Waals surface area contributed by atoms with Crippen LogP contribution in [0.3, 0.4) is 0 Å². The summed E-state index contributed by atoms with van der Waals surface area (Å²) in [4.78, 5) is 14.7. The molecule has 0 bridgehead atoms. The van der Waals surface area contributed by atoms with Crippen LogP contribution >= 0.6 is 0 Å². The Kier molecular flexibility index (Phi) is 3.82. The molecule has 0 aliphatic rings. The first-order valence-electron chi connectivity index (χ1n) is 8.15. The highest BCUT2D eigenvalue weighted by atomic mass is 15.1. The number of imidazole rings is 1. The van der Waals surface area contributed by atoms with Crippen molar-refractivity contribution in [1.82, 2.24) is 15.0 Å². The monoisotopic (exact) mass is 329 g/mol. The highest BCUT2D eigenvalue weighted by Crippen LogP contribution is 2.27. The number of aromatic amines is 1. The zero-order chi connectivity index (χ0) is 17.2. The molecule has 0 atom stereocenters. The van der Waals surface area contributed by atoms with E-state index in [1.54, 1.807) is 6.20 Å². The van der Waals surface area contributed by atoms with Crippen LogP contribution in [-0.4, -0.2) is 29.0 Å². The quantitative estimate of drug-likeness (QED) is 0.581. The van der Waals surface area contributed by atoms with Gasteiger partial charge in [-0.15, -0.1) is 0 Å². The van der Waals surface area contributed by atoms with Crippen LogP contribution in [0.25, 0.3) is 22.4 Å². The standard InChI is InChI=1S/C20H19N5/c1-25(2)16-10-6-9-15(13-16)22-20-18-17(11-12-21-20)23-19(24-18)14-7-4-3-5-8-14/h3-13H,1-2H3,(H,21,22)(H,23,24). The number of nitrogens with zero attached hydrogens (tertiary/aromatic N) is 3. The number of H-pyrrole nitrogens is 1. The van der Waals surface area contributed by atoms with Crippen LogP contribution < -0.4 is 10.2 Å². The Morgan fingerprint density at radius 3 is 2.60 bits per heavy atom. The summed E-state index contributed by atoms with van der Waals surface area (Å²) < 4.78 is 0. The number of aromatic nitrogens is 3. The molecule has 0 spiro atoms. The minimum atomic E-state index is 0.742. The van der Waals surface area contributed by atoms with Gasteiger partial charge in [0.25, 0.3) is 0 Å². The molecule has 2 aromatic heterocycles. The Bertz CT molecular complexity index is 1000. The summed E-state index contributed by atoms with van der Waals surface area (Å²) >= 11 is 0. The topological polar surface area (TPSA) is 56.8 Å². The molecule has 4 aromatic rings. The summed E-state index contributed by atoms with van der Waals surface area (Å²) in [7, 11) is 4.05. The minimum Gasteiger partial charge on any atom is -0.378 e. The van der Waals surface area contributed by atoms with E-state index in [0.717, 1.165) is 39.6 Å². The third kappa shape index (κ3) is 3.04. The summed E-state index contributed by atoms with van der Waals surface area (Å²) in [5.41, 5.74) is 4.95. The Morgan fingerprint density at radius 1 is 0.960 bits per heavy atom. The molecule has 0 amide bonds. The summed E-state index contributed by atoms with van der Waals surface area (Å²) in [5.74, 6) is 1.58. The summed E-state index contributed by atoms with van der Waals surface area (Å²) in [5, 5.41) is 3.39. The molecule has 2 heterocycles. The van der Waals surface area contributed by atoms with Crippen molar-refractivity contribution in [2.24, 2.45) is 0 Å². The number of hydrogen-bond donors (Lipinski definition) is 2. The molecule has 0 aliphatic carbocycles. The van der Waals surface area contributed by atoms with Gasteiger partial charge in [0.05, 0.1) is 5.52 Å². The SMILES string of the molecule is CN(C)c1cccc(Nc2nccc3[nH]c(-c4ccccc4)nc23)c1. The smallest absolute Gasteiger partial charge is 0.158 e. The lowest BCUT2D eigenvalue weighted by Gasteiger charge is -2.14. The van der Waals surface area contributed by atoms with E-state index in [9.17, 15) is 0 Å². The first-order valence-corrected chi connectivity index (χ1v) is 8.15. The predicted octanol–water partition coefficient (Wildman–Crippen LogP) is 4.43. The molecule has 0 saturated heterocycles. The van der Waals surface area contributed by atoms with Crippen LogP contribution in [0.15, 0.2) is 66.9 Å². The molecule has 124 valence electrons. The van der Waals surface area contributed by atoms with Gasteiger partial charge in [0.15, 0.2) is 5.82 Å². The lowest BCUT2D eigenvalue weighted by atomic mass is 10.2. The second kappa shape index (κ2) is 6.28. The molecule has 2 aromatic carbocycles. The van der Waals surface area contributed by atoms with E-state index in [0.29, 0.717) is 0 Å². The van der Waals surface area contributed by atoms with Gasteiger partial charge in [-0.3, -0.25) is 0 Å². The van der Waals surface area contributed by atoms with Crippen LogP contribution in [0.4, 0.5) is 17.2 Å². The van der Waals surface area contributed by atoms with E-state index < -0.39 is 0 Å². The fraction of sp³-hybridized carbons (Fsp3) is 0.100. The lowest BCUT2D eigenvalue weighted by molar-refractivity contribution is 1.13. The number of nitrogens with one attached hydrogen (secondary N) is 2. The average molecular weight is 329 g/mol. The Hall–Kier alpha value is -3.34. The van der Waals surface area contributed by atoms with Crippen molar-refractivity contribution in [3.63, 3.8) is 0 Å². The lowest BCUT2D eigenvalue weighted by Crippen LogP contribution is -2.08. The minimum absolute atomic E-state index is 0.742. The number of benzene rings is 2. The van der Waals surface area contributed by atoms with Crippen molar-refractivity contribution >= 4 is 28.2 Å². The third-order valence-electron chi connectivity index (χ3n) is 4.07. The third-order valence-corrected chi connectivity index (χ3v) is 4.07. The molecule has 5 heteroatoms. The van der Waals surface area contributed by atoms with Crippen molar-refractivity contribution in [1.29, 1.82) is 0 Å². The zero-order valence-corrected chi connectivity index (χ0v) is 14.2. The highest BCUT2D eigenvalue weighted by Gasteiger charge is 2.10. The molecule has 25 heavy (non-hydrogen) atoms. The van der Waals surface area contributed by atoms with Gasteiger partial charge in [-0.2, -0.15) is 0 Å². The summed E-state index contributed by atoms with van der Waals surface area (Å²) in [6.45, 7) is 0. The van der Waals surface area contributed by atoms with Crippen LogP contribution in [-0.2, 0) is 0 Å². The molecular weight excluding hydrogens is 310 g/mol. The van der Waals surface area contributed by atoms with E-state index >= 15 is 0 Å². The molecule has 0 saturated carbocycles. The second-order valence-corrected chi connectivity index (χ2v) is 6.08. The average Bonchev–Trinajstić information content (AvgIpc) is 3.08. The van der Waals surface area contributed by atoms with E-state index in [1.807, 2.05) is 62.6 Å². The second-order valence-electron chi connectivity index (χ2n) is 6.08. The number of pyridine rings is 1. The molecule has 0 radical (unpaired) electrons. The molecule has 5 nitrogen and oxygen atoms in total. The van der Waals surface area contributed by atoms with Crippen molar-refractivity contribution in [3.05, 3.63) is 66.9 Å². The largest absolute Gasteiger partial charge is 0.378 e. The molecule has 0 unspecified atom stereocenters. The van der Waals surface area contributed by atoms with Gasteiger partial charge in [0.1, 0.15) is 11.3 Å². The molecule has 0 aliphatic heterocycles. The zero-order valence-electron chi connectivity index (χ0n) is 14.2. The van der Waals surface area contributed by atoms with Crippen LogP contribution in [0, 0.1) is 0 Å². The van der Waals surface area contributed by atoms with Gasteiger partial charge in [-0.05, 0) is 24.3 Å². The van der Waals surface area contributed by atoms with Crippen molar-refractivity contribution in [2.75, 3.05) is 24.3 Å². The van der Waals surface area contributed by atoms with Gasteiger partial charge in [0, 0.05) is 37.2 Å². The number of anilines is 3. The highest BCUT2D eigenvalue weighted by molar-refractivity contribution is 5.90. The Labute approximate surface area is 146 Å². The summed E-state index contributed by atoms with van der Waals surface area (Å²) in [6.07, 6.45) is 1.79. The molecular formula is C20H19N5. The van der Waals surface area contributed by atoms with Gasteiger partial charge in [-0.1, -0.05) is 36.4 Å². The van der Waals surface area contributed by atoms with E-state index in [-0.39, 0.29) is 0 Å². The van der Waals surface area contributed by atoms with Gasteiger partial charge >= 0.3 is 0 Å². The first-order chi connectivity index (χ1) is 12.2. The Balaban J connectivity index is 1.73. The fourth-order valence-electron chi connectivity index (χ4n) is 2.76. The number of fused-ring (bicyclic) bond motifs is 1. The van der Waals surface area contributed by atoms with E-state index in [4.69, 9.17) is 4.98 Å². The molecule has 4 rings (SSSR count). The number of hydrogen-bond acceptors (Lipinski definition) is 4. The molecule has 2 N–H and O–H groups in total. The maximum absolute atomic E-state index is 4.75. The summed E-state index contributed by atoms with van der Waals surface area (Å²) in [6, 6.07) is 20.2. The van der Waals surface area contributed by atoms with E-state index in [1.165, 1.54) is 0 Å². The molecule has 0 fully saturated rings. The van der Waals surface area contributed by atoms with Crippen LogP contribution in [0.2, 0.25) is 0 Å². The van der Waals surface area contributed by atoms with Crippen LogP contribution in [0.1, 0.15) is 0 Å². The number of rotatable bonds is 4. The van der Waals surface area contributed by atoms with Crippen LogP contribution in [0.5, 0.6) is 0 Å². The maximum Gasteiger partial charge on any atom is 0.158 e. The van der Waals surface area contributed by atoms with E-state index in [2.05, 4.69) is 32.3 Å². The first kappa shape index (κ1) is 15.2. The van der Waals surface area contributed by atoms with Gasteiger partial charge in [-0.25, -0.2) is 9.97 Å². The fourth-order valence-corrected chi connectivity index (χ4v) is 2.76. The maximum atomic E-state index is 4.75. The van der Waals surface area contributed by atoms with Gasteiger partial charge < -0.3 is 15.2 Å². The van der Waals surface area contributed by atoms with Crippen molar-refractivity contribution in [2.45, 2.75) is 0 Å². The Morgan fingerprint density at radius 2 is 1.80 bits per heavy atom. The van der Waals surface area contributed by atoms with Crippen molar-refractivity contribution < 1.29 is 0 Å². The van der Waals surface area contributed by atoms with Crippen molar-refractivity contribution in [3.8, 4) is 11.4 Å². The van der Waals surface area contributed by atoms with Gasteiger partial charge in [0.2, 0.25) is 0 Å². The normalized spacial score (nSPS) is 10.8. The predicted molar refractivity (Wildman–Crippen MR) is 103 cm³/mol.